The van der Waals surface area contributed by atoms with Gasteiger partial charge in [-0.15, -0.1) is 11.3 Å². The number of aromatic carboxylic acids is 1. The molecule has 2 rings (SSSR count). The molecule has 6 heteroatoms. The number of hydrogen-bond donors (Lipinski definition) is 2. The standard InChI is InChI=1S/C17H19NO4S/c1-9-6-5-7-10(2)15(9)22-8-13(19)18-16-14(17(20)21)11(3)12(4)23-16/h5-7H,8H2,1-4H3,(H,18,19)(H,20,21). The Morgan fingerprint density at radius 3 is 2.35 bits per heavy atom. The van der Waals surface area contributed by atoms with Gasteiger partial charge in [0, 0.05) is 4.88 Å². The second kappa shape index (κ2) is 6.83. The molecule has 1 aromatic heterocycles. The third-order valence-corrected chi connectivity index (χ3v) is 4.73. The highest BCUT2D eigenvalue weighted by Crippen LogP contribution is 2.32. The minimum absolute atomic E-state index is 0.146. The SMILES string of the molecule is Cc1cccc(C)c1OCC(=O)Nc1sc(C)c(C)c1C(=O)O. The Morgan fingerprint density at radius 1 is 1.17 bits per heavy atom. The Bertz CT molecular complexity index is 744. The van der Waals surface area contributed by atoms with Gasteiger partial charge in [-0.05, 0) is 44.4 Å². The van der Waals surface area contributed by atoms with Gasteiger partial charge in [-0.1, -0.05) is 18.2 Å². The summed E-state index contributed by atoms with van der Waals surface area (Å²) in [4.78, 5) is 24.3. The number of para-hydroxylation sites is 1. The van der Waals surface area contributed by atoms with E-state index in [2.05, 4.69) is 5.32 Å². The lowest BCUT2D eigenvalue weighted by Gasteiger charge is -2.11. The molecule has 0 unspecified atom stereocenters. The average molecular weight is 333 g/mol. The smallest absolute Gasteiger partial charge is 0.338 e. The van der Waals surface area contributed by atoms with Gasteiger partial charge in [-0.3, -0.25) is 4.79 Å². The molecule has 0 aliphatic heterocycles. The summed E-state index contributed by atoms with van der Waals surface area (Å²) in [5, 5.41) is 12.3. The fraction of sp³-hybridized carbons (Fsp3) is 0.294. The summed E-state index contributed by atoms with van der Waals surface area (Å²) < 4.78 is 5.58. The molecular weight excluding hydrogens is 314 g/mol. The molecule has 2 aromatic rings. The van der Waals surface area contributed by atoms with Crippen LogP contribution in [0.25, 0.3) is 0 Å². The zero-order valence-electron chi connectivity index (χ0n) is 13.5. The maximum absolute atomic E-state index is 12.1. The first-order valence-corrected chi connectivity index (χ1v) is 7.95. The Hall–Kier alpha value is -2.34. The van der Waals surface area contributed by atoms with E-state index in [1.807, 2.05) is 39.0 Å². The van der Waals surface area contributed by atoms with E-state index in [0.717, 1.165) is 16.0 Å². The van der Waals surface area contributed by atoms with Crippen molar-refractivity contribution in [3.05, 3.63) is 45.3 Å². The second-order valence-corrected chi connectivity index (χ2v) is 6.58. The van der Waals surface area contributed by atoms with Crippen LogP contribution >= 0.6 is 11.3 Å². The van der Waals surface area contributed by atoms with Gasteiger partial charge in [-0.2, -0.15) is 0 Å². The van der Waals surface area contributed by atoms with Crippen LogP contribution in [0.4, 0.5) is 5.00 Å². The molecule has 5 nitrogen and oxygen atoms in total. The molecule has 122 valence electrons. The summed E-state index contributed by atoms with van der Waals surface area (Å²) in [7, 11) is 0. The molecule has 0 bridgehead atoms. The van der Waals surface area contributed by atoms with Crippen LogP contribution in [0, 0.1) is 27.7 Å². The Labute approximate surface area is 138 Å². The monoisotopic (exact) mass is 333 g/mol. The topological polar surface area (TPSA) is 75.6 Å². The lowest BCUT2D eigenvalue weighted by molar-refractivity contribution is -0.118. The zero-order valence-corrected chi connectivity index (χ0v) is 14.3. The number of carboxylic acid groups (broad SMARTS) is 1. The fourth-order valence-electron chi connectivity index (χ4n) is 2.30. The molecule has 0 aliphatic rings. The number of benzene rings is 1. The molecule has 0 atom stereocenters. The quantitative estimate of drug-likeness (QED) is 0.875. The summed E-state index contributed by atoms with van der Waals surface area (Å²) in [6.07, 6.45) is 0. The number of carbonyl (C=O) groups is 2. The molecule has 0 saturated carbocycles. The van der Waals surface area contributed by atoms with Crippen molar-refractivity contribution in [1.29, 1.82) is 0 Å². The van der Waals surface area contributed by atoms with Crippen LogP contribution in [-0.2, 0) is 4.79 Å². The number of carbonyl (C=O) groups excluding carboxylic acids is 1. The maximum atomic E-state index is 12.1. The van der Waals surface area contributed by atoms with Gasteiger partial charge in [-0.25, -0.2) is 4.79 Å². The Morgan fingerprint density at radius 2 is 1.78 bits per heavy atom. The molecule has 0 saturated heterocycles. The average Bonchev–Trinajstić information content (AvgIpc) is 2.73. The highest BCUT2D eigenvalue weighted by Gasteiger charge is 2.20. The van der Waals surface area contributed by atoms with Crippen LogP contribution in [0.2, 0.25) is 0 Å². The molecule has 1 amide bonds. The molecular formula is C17H19NO4S. The van der Waals surface area contributed by atoms with Gasteiger partial charge < -0.3 is 15.2 Å². The highest BCUT2D eigenvalue weighted by atomic mass is 32.1. The number of rotatable bonds is 5. The lowest BCUT2D eigenvalue weighted by atomic mass is 10.1. The highest BCUT2D eigenvalue weighted by molar-refractivity contribution is 7.16. The number of carboxylic acids is 1. The van der Waals surface area contributed by atoms with Crippen molar-refractivity contribution in [2.24, 2.45) is 0 Å². The molecule has 0 radical (unpaired) electrons. The molecule has 23 heavy (non-hydrogen) atoms. The summed E-state index contributed by atoms with van der Waals surface area (Å²) in [6.45, 7) is 7.22. The summed E-state index contributed by atoms with van der Waals surface area (Å²) in [5.41, 5.74) is 2.72. The van der Waals surface area contributed by atoms with Crippen LogP contribution in [-0.4, -0.2) is 23.6 Å². The van der Waals surface area contributed by atoms with Crippen molar-refractivity contribution in [2.45, 2.75) is 27.7 Å². The van der Waals surface area contributed by atoms with Gasteiger partial charge in [0.05, 0.1) is 5.56 Å². The number of amides is 1. The van der Waals surface area contributed by atoms with Gasteiger partial charge >= 0.3 is 5.97 Å². The Balaban J connectivity index is 2.09. The predicted octanol–water partition coefficient (Wildman–Crippen LogP) is 3.70. The van der Waals surface area contributed by atoms with E-state index in [0.29, 0.717) is 16.3 Å². The summed E-state index contributed by atoms with van der Waals surface area (Å²) in [5.74, 6) is -0.742. The van der Waals surface area contributed by atoms with Gasteiger partial charge in [0.1, 0.15) is 10.8 Å². The first kappa shape index (κ1) is 17.0. The molecule has 1 heterocycles. The van der Waals surface area contributed by atoms with Crippen molar-refractivity contribution in [3.63, 3.8) is 0 Å². The van der Waals surface area contributed by atoms with Crippen LogP contribution < -0.4 is 10.1 Å². The van der Waals surface area contributed by atoms with E-state index >= 15 is 0 Å². The first-order chi connectivity index (χ1) is 10.8. The van der Waals surface area contributed by atoms with Crippen molar-refractivity contribution < 1.29 is 19.4 Å². The normalized spacial score (nSPS) is 10.4. The number of ether oxygens (including phenoxy) is 1. The van der Waals surface area contributed by atoms with E-state index in [-0.39, 0.29) is 18.1 Å². The van der Waals surface area contributed by atoms with Gasteiger partial charge in [0.2, 0.25) is 0 Å². The van der Waals surface area contributed by atoms with Gasteiger partial charge in [0.25, 0.3) is 5.91 Å². The minimum atomic E-state index is -1.04. The lowest BCUT2D eigenvalue weighted by Crippen LogP contribution is -2.21. The van der Waals surface area contributed by atoms with Crippen molar-refractivity contribution in [2.75, 3.05) is 11.9 Å². The number of thiophene rings is 1. The molecule has 0 fully saturated rings. The van der Waals surface area contributed by atoms with E-state index < -0.39 is 5.97 Å². The largest absolute Gasteiger partial charge is 0.483 e. The van der Waals surface area contributed by atoms with Crippen LogP contribution in [0.1, 0.15) is 31.9 Å². The number of anilines is 1. The second-order valence-electron chi connectivity index (χ2n) is 5.35. The number of hydrogen-bond acceptors (Lipinski definition) is 4. The minimum Gasteiger partial charge on any atom is -0.483 e. The third-order valence-electron chi connectivity index (χ3n) is 3.61. The summed E-state index contributed by atoms with van der Waals surface area (Å²) in [6, 6.07) is 5.75. The molecule has 2 N–H and O–H groups in total. The third kappa shape index (κ3) is 3.71. The van der Waals surface area contributed by atoms with Crippen LogP contribution in [0.15, 0.2) is 18.2 Å². The predicted molar refractivity (Wildman–Crippen MR) is 90.8 cm³/mol. The molecule has 1 aromatic carbocycles. The summed E-state index contributed by atoms with van der Waals surface area (Å²) >= 11 is 1.26. The van der Waals surface area contributed by atoms with E-state index in [1.54, 1.807) is 6.92 Å². The van der Waals surface area contributed by atoms with Gasteiger partial charge in [0.15, 0.2) is 6.61 Å². The number of nitrogens with one attached hydrogen (secondary N) is 1. The molecule has 0 aliphatic carbocycles. The first-order valence-electron chi connectivity index (χ1n) is 7.13. The van der Waals surface area contributed by atoms with E-state index in [4.69, 9.17) is 4.74 Å². The van der Waals surface area contributed by atoms with Crippen LogP contribution in [0.3, 0.4) is 0 Å². The van der Waals surface area contributed by atoms with Crippen LogP contribution in [0.5, 0.6) is 5.75 Å². The zero-order chi connectivity index (χ0) is 17.1. The number of aryl methyl sites for hydroxylation is 3. The van der Waals surface area contributed by atoms with Crippen molar-refractivity contribution in [3.8, 4) is 5.75 Å². The maximum Gasteiger partial charge on any atom is 0.338 e. The van der Waals surface area contributed by atoms with Crippen molar-refractivity contribution >= 4 is 28.2 Å². The molecule has 0 spiro atoms. The fourth-order valence-corrected chi connectivity index (χ4v) is 3.37. The Kier molecular flexibility index (Phi) is 5.05. The van der Waals surface area contributed by atoms with Crippen molar-refractivity contribution in [1.82, 2.24) is 0 Å². The van der Waals surface area contributed by atoms with E-state index in [1.165, 1.54) is 11.3 Å². The van der Waals surface area contributed by atoms with E-state index in [9.17, 15) is 14.7 Å².